The monoisotopic (exact) mass is 266 g/mol. The molecular weight excluding hydrogens is 232 g/mol. The van der Waals surface area contributed by atoms with Crippen LogP contribution in [0.1, 0.15) is 71.6 Å². The minimum atomic E-state index is 0.350. The van der Waals surface area contributed by atoms with Crippen molar-refractivity contribution >= 4 is 0 Å². The Morgan fingerprint density at radius 3 is 2.16 bits per heavy atom. The van der Waals surface area contributed by atoms with Gasteiger partial charge in [0.05, 0.1) is 0 Å². The van der Waals surface area contributed by atoms with Crippen molar-refractivity contribution in [2.45, 2.75) is 77.2 Å². The predicted octanol–water partition coefficient (Wildman–Crippen LogP) is 3.80. The van der Waals surface area contributed by atoms with Gasteiger partial charge >= 0.3 is 0 Å². The molecule has 2 unspecified atom stereocenters. The molecule has 0 bridgehead atoms. The van der Waals surface area contributed by atoms with Gasteiger partial charge in [0.25, 0.3) is 0 Å². The van der Waals surface area contributed by atoms with Crippen LogP contribution in [0.15, 0.2) is 0 Å². The molecule has 2 aliphatic rings. The van der Waals surface area contributed by atoms with Crippen molar-refractivity contribution in [3.63, 3.8) is 0 Å². The second-order valence-electron chi connectivity index (χ2n) is 6.97. The summed E-state index contributed by atoms with van der Waals surface area (Å²) in [4.78, 5) is 2.78. The molecule has 2 fully saturated rings. The molecule has 0 radical (unpaired) electrons. The summed E-state index contributed by atoms with van der Waals surface area (Å²) in [7, 11) is 0. The molecule has 0 aromatic heterocycles. The second-order valence-corrected chi connectivity index (χ2v) is 6.97. The molecule has 2 atom stereocenters. The van der Waals surface area contributed by atoms with Crippen molar-refractivity contribution in [2.75, 3.05) is 19.6 Å². The second kappa shape index (κ2) is 7.08. The van der Waals surface area contributed by atoms with Crippen LogP contribution in [-0.2, 0) is 0 Å². The number of hydrogen-bond donors (Lipinski definition) is 1. The fraction of sp³-hybridized carbons (Fsp3) is 1.00. The summed E-state index contributed by atoms with van der Waals surface area (Å²) in [6.07, 6.45) is 12.4. The van der Waals surface area contributed by atoms with E-state index in [-0.39, 0.29) is 0 Å². The van der Waals surface area contributed by atoms with E-state index in [2.05, 4.69) is 18.7 Å². The predicted molar refractivity (Wildman–Crippen MR) is 83.2 cm³/mol. The quantitative estimate of drug-likeness (QED) is 0.784. The molecule has 1 aliphatic carbocycles. The summed E-state index contributed by atoms with van der Waals surface area (Å²) in [5.41, 5.74) is 6.60. The van der Waals surface area contributed by atoms with Gasteiger partial charge in [-0.15, -0.1) is 0 Å². The molecule has 1 aliphatic heterocycles. The van der Waals surface area contributed by atoms with Crippen molar-refractivity contribution in [1.29, 1.82) is 0 Å². The van der Waals surface area contributed by atoms with Gasteiger partial charge in [0.2, 0.25) is 0 Å². The van der Waals surface area contributed by atoms with Gasteiger partial charge in [-0.3, -0.25) is 4.90 Å². The molecule has 19 heavy (non-hydrogen) atoms. The minimum absolute atomic E-state index is 0.350. The molecule has 1 saturated carbocycles. The topological polar surface area (TPSA) is 29.3 Å². The zero-order chi connectivity index (χ0) is 13.7. The van der Waals surface area contributed by atoms with Gasteiger partial charge < -0.3 is 5.73 Å². The third-order valence-electron chi connectivity index (χ3n) is 6.09. The molecule has 0 spiro atoms. The zero-order valence-electron chi connectivity index (χ0n) is 13.2. The molecular formula is C17H34N2. The van der Waals surface area contributed by atoms with Gasteiger partial charge in [0.15, 0.2) is 0 Å². The van der Waals surface area contributed by atoms with Crippen LogP contribution >= 0.6 is 0 Å². The molecule has 2 heteroatoms. The molecule has 0 aromatic carbocycles. The summed E-state index contributed by atoms with van der Waals surface area (Å²) in [5.74, 6) is 1.93. The first-order chi connectivity index (χ1) is 9.24. The summed E-state index contributed by atoms with van der Waals surface area (Å²) in [6.45, 7) is 8.17. The first-order valence-corrected chi connectivity index (χ1v) is 8.69. The first kappa shape index (κ1) is 15.3. The number of rotatable bonds is 4. The molecule has 2 rings (SSSR count). The first-order valence-electron chi connectivity index (χ1n) is 8.69. The lowest BCUT2D eigenvalue weighted by atomic mass is 9.84. The Bertz CT molecular complexity index is 258. The van der Waals surface area contributed by atoms with E-state index in [0.29, 0.717) is 5.54 Å². The van der Waals surface area contributed by atoms with Crippen molar-refractivity contribution in [3.05, 3.63) is 0 Å². The van der Waals surface area contributed by atoms with E-state index >= 15 is 0 Å². The van der Waals surface area contributed by atoms with Crippen LogP contribution in [0.25, 0.3) is 0 Å². The number of likely N-dealkylation sites (tertiary alicyclic amines) is 1. The van der Waals surface area contributed by atoms with Gasteiger partial charge in [0.1, 0.15) is 0 Å². The highest BCUT2D eigenvalue weighted by Crippen LogP contribution is 2.37. The maximum atomic E-state index is 6.25. The van der Waals surface area contributed by atoms with Crippen molar-refractivity contribution in [1.82, 2.24) is 4.90 Å². The van der Waals surface area contributed by atoms with Crippen LogP contribution in [0.5, 0.6) is 0 Å². The maximum Gasteiger partial charge on any atom is 0.0331 e. The van der Waals surface area contributed by atoms with Crippen molar-refractivity contribution in [2.24, 2.45) is 17.6 Å². The summed E-state index contributed by atoms with van der Waals surface area (Å²) in [5, 5.41) is 0. The normalized spacial score (nSPS) is 35.2. The molecule has 1 heterocycles. The molecule has 1 saturated heterocycles. The van der Waals surface area contributed by atoms with Gasteiger partial charge in [-0.05, 0) is 57.0 Å². The molecule has 112 valence electrons. The fourth-order valence-corrected chi connectivity index (χ4v) is 4.34. The molecule has 0 aromatic rings. The van der Waals surface area contributed by atoms with E-state index in [0.717, 1.165) is 18.4 Å². The third-order valence-corrected chi connectivity index (χ3v) is 6.09. The largest absolute Gasteiger partial charge is 0.329 e. The number of nitrogens with two attached hydrogens (primary N) is 1. The van der Waals surface area contributed by atoms with Gasteiger partial charge in [-0.2, -0.15) is 0 Å². The Hall–Kier alpha value is -0.0800. The van der Waals surface area contributed by atoms with Crippen LogP contribution in [0.3, 0.4) is 0 Å². The van der Waals surface area contributed by atoms with E-state index in [1.165, 1.54) is 70.9 Å². The van der Waals surface area contributed by atoms with Crippen molar-refractivity contribution < 1.29 is 0 Å². The van der Waals surface area contributed by atoms with E-state index in [1.807, 2.05) is 0 Å². The van der Waals surface area contributed by atoms with Crippen LogP contribution in [-0.4, -0.2) is 30.1 Å². The Balaban J connectivity index is 1.97. The Kier molecular flexibility index (Phi) is 5.70. The lowest BCUT2D eigenvalue weighted by Gasteiger charge is -2.46. The van der Waals surface area contributed by atoms with Gasteiger partial charge in [0, 0.05) is 12.1 Å². The van der Waals surface area contributed by atoms with Crippen LogP contribution in [0.4, 0.5) is 0 Å². The van der Waals surface area contributed by atoms with Gasteiger partial charge in [-0.1, -0.05) is 39.5 Å². The Labute approximate surface area is 120 Å². The third kappa shape index (κ3) is 3.52. The Morgan fingerprint density at radius 1 is 0.947 bits per heavy atom. The maximum absolute atomic E-state index is 6.25. The van der Waals surface area contributed by atoms with Crippen LogP contribution in [0, 0.1) is 11.8 Å². The number of piperidine rings is 1. The molecule has 0 amide bonds. The standard InChI is InChI=1S/C17H34N2/c1-3-15-6-5-10-17(14-18,11-7-15)19-12-8-16(4-2)9-13-19/h15-16H,3-14,18H2,1-2H3. The SMILES string of the molecule is CCC1CCN(C2(CN)CCCC(CC)CC2)CC1. The summed E-state index contributed by atoms with van der Waals surface area (Å²) >= 11 is 0. The van der Waals surface area contributed by atoms with E-state index in [1.54, 1.807) is 0 Å². The Morgan fingerprint density at radius 2 is 1.58 bits per heavy atom. The van der Waals surface area contributed by atoms with Crippen LogP contribution < -0.4 is 5.73 Å². The van der Waals surface area contributed by atoms with Gasteiger partial charge in [-0.25, -0.2) is 0 Å². The zero-order valence-corrected chi connectivity index (χ0v) is 13.2. The fourth-order valence-electron chi connectivity index (χ4n) is 4.34. The lowest BCUT2D eigenvalue weighted by Crippen LogP contribution is -2.56. The van der Waals surface area contributed by atoms with E-state index in [4.69, 9.17) is 5.73 Å². The lowest BCUT2D eigenvalue weighted by molar-refractivity contribution is 0.0413. The molecule has 2 N–H and O–H groups in total. The highest BCUT2D eigenvalue weighted by atomic mass is 15.2. The highest BCUT2D eigenvalue weighted by Gasteiger charge is 2.38. The van der Waals surface area contributed by atoms with E-state index in [9.17, 15) is 0 Å². The average molecular weight is 266 g/mol. The van der Waals surface area contributed by atoms with E-state index < -0.39 is 0 Å². The highest BCUT2D eigenvalue weighted by molar-refractivity contribution is 4.95. The number of hydrogen-bond acceptors (Lipinski definition) is 2. The molecule has 2 nitrogen and oxygen atoms in total. The minimum Gasteiger partial charge on any atom is -0.329 e. The average Bonchev–Trinajstić information content (AvgIpc) is 2.70. The van der Waals surface area contributed by atoms with Crippen LogP contribution in [0.2, 0.25) is 0 Å². The summed E-state index contributed by atoms with van der Waals surface area (Å²) < 4.78 is 0. The van der Waals surface area contributed by atoms with Crippen molar-refractivity contribution in [3.8, 4) is 0 Å². The summed E-state index contributed by atoms with van der Waals surface area (Å²) in [6, 6.07) is 0. The smallest absolute Gasteiger partial charge is 0.0331 e. The number of nitrogens with zero attached hydrogens (tertiary/aromatic N) is 1.